The van der Waals surface area contributed by atoms with Gasteiger partial charge in [-0.2, -0.15) is 0 Å². The number of rotatable bonds is 4. The van der Waals surface area contributed by atoms with Crippen molar-refractivity contribution in [2.45, 2.75) is 39.4 Å². The Hall–Kier alpha value is -0.340. The van der Waals surface area contributed by atoms with Crippen LogP contribution in [0, 0.1) is 0 Å². The third-order valence-corrected chi connectivity index (χ3v) is 2.92. The molecule has 14 heavy (non-hydrogen) atoms. The average Bonchev–Trinajstić information content (AvgIpc) is 2.17. The van der Waals surface area contributed by atoms with Gasteiger partial charge >= 0.3 is 0 Å². The van der Waals surface area contributed by atoms with Crippen molar-refractivity contribution in [3.63, 3.8) is 0 Å². The van der Waals surface area contributed by atoms with Gasteiger partial charge in [-0.25, -0.2) is 0 Å². The number of hydrogen-bond acceptors (Lipinski definition) is 1. The number of hydrogen-bond donors (Lipinski definition) is 0. The highest BCUT2D eigenvalue weighted by Crippen LogP contribution is 2.17. The van der Waals surface area contributed by atoms with Gasteiger partial charge in [-0.05, 0) is 38.0 Å². The SMILES string of the molecule is CCC(C)(C)OCc1ccc(Br)cc1. The lowest BCUT2D eigenvalue weighted by atomic mass is 10.1. The van der Waals surface area contributed by atoms with Crippen molar-refractivity contribution < 1.29 is 4.74 Å². The Balaban J connectivity index is 2.50. The number of halogens is 1. The molecule has 0 aromatic heterocycles. The molecule has 0 saturated carbocycles. The van der Waals surface area contributed by atoms with Crippen LogP contribution in [0.15, 0.2) is 28.7 Å². The second-order valence-corrected chi connectivity index (χ2v) is 4.94. The molecule has 0 fully saturated rings. The van der Waals surface area contributed by atoms with E-state index in [0.29, 0.717) is 6.61 Å². The first-order valence-electron chi connectivity index (χ1n) is 4.92. The third-order valence-electron chi connectivity index (χ3n) is 2.39. The van der Waals surface area contributed by atoms with Gasteiger partial charge in [0.05, 0.1) is 12.2 Å². The van der Waals surface area contributed by atoms with Crippen molar-refractivity contribution in [1.29, 1.82) is 0 Å². The van der Waals surface area contributed by atoms with E-state index in [0.717, 1.165) is 10.9 Å². The fraction of sp³-hybridized carbons (Fsp3) is 0.500. The van der Waals surface area contributed by atoms with Crippen molar-refractivity contribution in [1.82, 2.24) is 0 Å². The summed E-state index contributed by atoms with van der Waals surface area (Å²) in [4.78, 5) is 0. The summed E-state index contributed by atoms with van der Waals surface area (Å²) in [5, 5.41) is 0. The minimum Gasteiger partial charge on any atom is -0.371 e. The van der Waals surface area contributed by atoms with Crippen LogP contribution in [0.3, 0.4) is 0 Å². The van der Waals surface area contributed by atoms with Gasteiger partial charge in [-0.15, -0.1) is 0 Å². The molecule has 0 spiro atoms. The van der Waals surface area contributed by atoms with Crippen LogP contribution in [0.1, 0.15) is 32.8 Å². The van der Waals surface area contributed by atoms with Crippen LogP contribution in [0.4, 0.5) is 0 Å². The zero-order chi connectivity index (χ0) is 10.6. The average molecular weight is 257 g/mol. The molecular weight excluding hydrogens is 240 g/mol. The Bertz CT molecular complexity index is 277. The lowest BCUT2D eigenvalue weighted by Gasteiger charge is -2.23. The van der Waals surface area contributed by atoms with E-state index in [2.05, 4.69) is 48.8 Å². The molecule has 0 N–H and O–H groups in total. The minimum atomic E-state index is -0.0208. The quantitative estimate of drug-likeness (QED) is 0.787. The van der Waals surface area contributed by atoms with E-state index in [1.54, 1.807) is 0 Å². The molecule has 1 aromatic rings. The van der Waals surface area contributed by atoms with Gasteiger partial charge in [0.25, 0.3) is 0 Å². The van der Waals surface area contributed by atoms with Crippen LogP contribution in [0.25, 0.3) is 0 Å². The van der Waals surface area contributed by atoms with E-state index in [1.165, 1.54) is 5.56 Å². The third kappa shape index (κ3) is 3.81. The van der Waals surface area contributed by atoms with E-state index < -0.39 is 0 Å². The monoisotopic (exact) mass is 256 g/mol. The molecule has 1 aromatic carbocycles. The lowest BCUT2D eigenvalue weighted by molar-refractivity contribution is -0.0316. The van der Waals surface area contributed by atoms with Crippen molar-refractivity contribution in [2.24, 2.45) is 0 Å². The second kappa shape index (κ2) is 4.94. The molecule has 0 aliphatic rings. The van der Waals surface area contributed by atoms with Crippen molar-refractivity contribution >= 4 is 15.9 Å². The molecule has 0 amide bonds. The molecule has 0 radical (unpaired) electrons. The van der Waals surface area contributed by atoms with Crippen LogP contribution in [0.2, 0.25) is 0 Å². The maximum absolute atomic E-state index is 5.79. The Labute approximate surface area is 94.6 Å². The van der Waals surface area contributed by atoms with E-state index >= 15 is 0 Å². The molecule has 0 bridgehead atoms. The normalized spacial score (nSPS) is 11.7. The molecule has 0 heterocycles. The van der Waals surface area contributed by atoms with Crippen molar-refractivity contribution in [3.05, 3.63) is 34.3 Å². The molecule has 0 atom stereocenters. The summed E-state index contributed by atoms with van der Waals surface area (Å²) in [5.74, 6) is 0. The van der Waals surface area contributed by atoms with E-state index in [-0.39, 0.29) is 5.60 Å². The molecule has 2 heteroatoms. The highest BCUT2D eigenvalue weighted by atomic mass is 79.9. The molecule has 78 valence electrons. The smallest absolute Gasteiger partial charge is 0.0724 e. The molecule has 1 nitrogen and oxygen atoms in total. The Kier molecular flexibility index (Phi) is 4.14. The Morgan fingerprint density at radius 2 is 1.79 bits per heavy atom. The van der Waals surface area contributed by atoms with Crippen LogP contribution in [-0.4, -0.2) is 5.60 Å². The fourth-order valence-corrected chi connectivity index (χ4v) is 1.23. The zero-order valence-electron chi connectivity index (χ0n) is 9.01. The maximum atomic E-state index is 5.79. The van der Waals surface area contributed by atoms with Gasteiger partial charge in [-0.1, -0.05) is 35.0 Å². The number of benzene rings is 1. The largest absolute Gasteiger partial charge is 0.371 e. The first-order chi connectivity index (χ1) is 6.53. The lowest BCUT2D eigenvalue weighted by Crippen LogP contribution is -2.22. The molecule has 0 saturated heterocycles. The summed E-state index contributed by atoms with van der Waals surface area (Å²) < 4.78 is 6.90. The standard InChI is InChI=1S/C12H17BrO/c1-4-12(2,3)14-9-10-5-7-11(13)8-6-10/h5-8H,4,9H2,1-3H3. The van der Waals surface area contributed by atoms with E-state index in [4.69, 9.17) is 4.74 Å². The fourth-order valence-electron chi connectivity index (χ4n) is 0.961. The predicted molar refractivity (Wildman–Crippen MR) is 63.3 cm³/mol. The zero-order valence-corrected chi connectivity index (χ0v) is 10.6. The van der Waals surface area contributed by atoms with Gasteiger partial charge in [-0.3, -0.25) is 0 Å². The van der Waals surface area contributed by atoms with Crippen LogP contribution >= 0.6 is 15.9 Å². The molecule has 0 unspecified atom stereocenters. The van der Waals surface area contributed by atoms with Gasteiger partial charge < -0.3 is 4.74 Å². The van der Waals surface area contributed by atoms with Gasteiger partial charge in [0.2, 0.25) is 0 Å². The van der Waals surface area contributed by atoms with Gasteiger partial charge in [0, 0.05) is 4.47 Å². The second-order valence-electron chi connectivity index (χ2n) is 4.03. The summed E-state index contributed by atoms with van der Waals surface area (Å²) >= 11 is 3.41. The summed E-state index contributed by atoms with van der Waals surface area (Å²) in [7, 11) is 0. The Morgan fingerprint density at radius 1 is 1.21 bits per heavy atom. The van der Waals surface area contributed by atoms with Gasteiger partial charge in [0.1, 0.15) is 0 Å². The van der Waals surface area contributed by atoms with Crippen LogP contribution < -0.4 is 0 Å². The molecule has 1 rings (SSSR count). The van der Waals surface area contributed by atoms with Crippen LogP contribution in [0.5, 0.6) is 0 Å². The Morgan fingerprint density at radius 3 is 2.29 bits per heavy atom. The van der Waals surface area contributed by atoms with Gasteiger partial charge in [0.15, 0.2) is 0 Å². The maximum Gasteiger partial charge on any atom is 0.0724 e. The highest BCUT2D eigenvalue weighted by Gasteiger charge is 2.14. The number of ether oxygens (including phenoxy) is 1. The van der Waals surface area contributed by atoms with E-state index in [9.17, 15) is 0 Å². The summed E-state index contributed by atoms with van der Waals surface area (Å²) in [5.41, 5.74) is 1.20. The summed E-state index contributed by atoms with van der Waals surface area (Å²) in [6, 6.07) is 8.24. The topological polar surface area (TPSA) is 9.23 Å². The first kappa shape index (κ1) is 11.7. The predicted octanol–water partition coefficient (Wildman–Crippen LogP) is 4.15. The first-order valence-corrected chi connectivity index (χ1v) is 5.71. The van der Waals surface area contributed by atoms with Crippen molar-refractivity contribution in [2.75, 3.05) is 0 Å². The minimum absolute atomic E-state index is 0.0208. The molecular formula is C12H17BrO. The van der Waals surface area contributed by atoms with Crippen LogP contribution in [-0.2, 0) is 11.3 Å². The molecule has 0 aliphatic heterocycles. The summed E-state index contributed by atoms with van der Waals surface area (Å²) in [6.45, 7) is 7.06. The summed E-state index contributed by atoms with van der Waals surface area (Å²) in [6.07, 6.45) is 1.03. The highest BCUT2D eigenvalue weighted by molar-refractivity contribution is 9.10. The van der Waals surface area contributed by atoms with E-state index in [1.807, 2.05) is 12.1 Å². The van der Waals surface area contributed by atoms with Crippen molar-refractivity contribution in [3.8, 4) is 0 Å². The molecule has 0 aliphatic carbocycles.